The van der Waals surface area contributed by atoms with Gasteiger partial charge in [0.25, 0.3) is 0 Å². The monoisotopic (exact) mass is 355 g/mol. The summed E-state index contributed by atoms with van der Waals surface area (Å²) in [4.78, 5) is 16.9. The maximum Gasteiger partial charge on any atom is 0.222 e. The van der Waals surface area contributed by atoms with Gasteiger partial charge in [0.1, 0.15) is 11.6 Å². The van der Waals surface area contributed by atoms with Crippen LogP contribution in [0.1, 0.15) is 24.0 Å². The van der Waals surface area contributed by atoms with Crippen LogP contribution in [0.15, 0.2) is 42.7 Å². The summed E-state index contributed by atoms with van der Waals surface area (Å²) in [6, 6.07) is 9.77. The van der Waals surface area contributed by atoms with E-state index in [0.29, 0.717) is 29.2 Å². The van der Waals surface area contributed by atoms with Gasteiger partial charge >= 0.3 is 0 Å². The van der Waals surface area contributed by atoms with E-state index in [1.165, 1.54) is 18.0 Å². The number of aryl methyl sites for hydroxylation is 2. The van der Waals surface area contributed by atoms with Gasteiger partial charge in [-0.3, -0.25) is 0 Å². The standard InChI is InChI=1S/C18H18ClN5O/c1-3-13-4-6-16(7-5-13)25-17-8-15(23-12(2)24-17)11-22-18-20-9-14(19)10-21-18/h4-10H,3,11H2,1-2H3,(H,20,21,22). The molecule has 0 spiro atoms. The number of benzene rings is 1. The molecule has 1 aromatic carbocycles. The fourth-order valence-electron chi connectivity index (χ4n) is 2.23. The molecule has 128 valence electrons. The molecule has 0 atom stereocenters. The third-order valence-electron chi connectivity index (χ3n) is 3.47. The largest absolute Gasteiger partial charge is 0.439 e. The average molecular weight is 356 g/mol. The topological polar surface area (TPSA) is 72.8 Å². The Kier molecular flexibility index (Phi) is 5.40. The molecule has 0 aliphatic carbocycles. The van der Waals surface area contributed by atoms with Crippen molar-refractivity contribution < 1.29 is 4.74 Å². The Morgan fingerprint density at radius 1 is 1.08 bits per heavy atom. The molecule has 6 nitrogen and oxygen atoms in total. The van der Waals surface area contributed by atoms with E-state index in [9.17, 15) is 0 Å². The van der Waals surface area contributed by atoms with Crippen molar-refractivity contribution in [2.75, 3.05) is 5.32 Å². The van der Waals surface area contributed by atoms with E-state index < -0.39 is 0 Å². The number of anilines is 1. The minimum atomic E-state index is 0.454. The molecular weight excluding hydrogens is 338 g/mol. The molecule has 25 heavy (non-hydrogen) atoms. The number of rotatable bonds is 6. The zero-order chi connectivity index (χ0) is 17.6. The first kappa shape index (κ1) is 17.1. The highest BCUT2D eigenvalue weighted by Crippen LogP contribution is 2.21. The predicted molar refractivity (Wildman–Crippen MR) is 97.0 cm³/mol. The number of halogens is 1. The molecular formula is C18H18ClN5O. The zero-order valence-corrected chi connectivity index (χ0v) is 14.8. The zero-order valence-electron chi connectivity index (χ0n) is 14.0. The van der Waals surface area contributed by atoms with Crippen LogP contribution in [0.2, 0.25) is 5.02 Å². The normalized spacial score (nSPS) is 10.5. The van der Waals surface area contributed by atoms with Crippen molar-refractivity contribution in [1.82, 2.24) is 19.9 Å². The van der Waals surface area contributed by atoms with Crippen molar-refractivity contribution in [2.45, 2.75) is 26.8 Å². The molecule has 0 saturated carbocycles. The lowest BCUT2D eigenvalue weighted by molar-refractivity contribution is 0.458. The lowest BCUT2D eigenvalue weighted by atomic mass is 10.2. The van der Waals surface area contributed by atoms with Crippen molar-refractivity contribution in [3.05, 3.63) is 64.8 Å². The maximum atomic E-state index is 5.84. The molecule has 0 aliphatic rings. The number of hydrogen-bond acceptors (Lipinski definition) is 6. The number of nitrogens with zero attached hydrogens (tertiary/aromatic N) is 4. The molecule has 0 aliphatic heterocycles. The SMILES string of the molecule is CCc1ccc(Oc2cc(CNc3ncc(Cl)cn3)nc(C)n2)cc1. The van der Waals surface area contributed by atoms with Gasteiger partial charge < -0.3 is 10.1 Å². The van der Waals surface area contributed by atoms with Crippen LogP contribution in [-0.2, 0) is 13.0 Å². The van der Waals surface area contributed by atoms with Crippen LogP contribution in [-0.4, -0.2) is 19.9 Å². The van der Waals surface area contributed by atoms with E-state index in [1.54, 1.807) is 6.07 Å². The minimum absolute atomic E-state index is 0.454. The average Bonchev–Trinajstić information content (AvgIpc) is 2.61. The molecule has 2 heterocycles. The molecule has 3 rings (SSSR count). The van der Waals surface area contributed by atoms with E-state index in [4.69, 9.17) is 16.3 Å². The van der Waals surface area contributed by atoms with Crippen LogP contribution < -0.4 is 10.1 Å². The molecule has 2 aromatic heterocycles. The van der Waals surface area contributed by atoms with E-state index in [0.717, 1.165) is 17.9 Å². The first-order valence-electron chi connectivity index (χ1n) is 7.95. The summed E-state index contributed by atoms with van der Waals surface area (Å²) in [6.45, 7) is 4.40. The van der Waals surface area contributed by atoms with Crippen LogP contribution in [0.25, 0.3) is 0 Å². The van der Waals surface area contributed by atoms with Gasteiger partial charge in [-0.25, -0.2) is 15.0 Å². The van der Waals surface area contributed by atoms with Crippen molar-refractivity contribution in [2.24, 2.45) is 0 Å². The van der Waals surface area contributed by atoms with Gasteiger partial charge in [0.15, 0.2) is 0 Å². The molecule has 3 aromatic rings. The summed E-state index contributed by atoms with van der Waals surface area (Å²) < 4.78 is 5.84. The van der Waals surface area contributed by atoms with Gasteiger partial charge in [0, 0.05) is 6.07 Å². The van der Waals surface area contributed by atoms with Gasteiger partial charge in [0.2, 0.25) is 11.8 Å². The molecule has 7 heteroatoms. The molecule has 0 unspecified atom stereocenters. The highest BCUT2D eigenvalue weighted by atomic mass is 35.5. The summed E-state index contributed by atoms with van der Waals surface area (Å²) in [5.74, 6) is 2.37. The smallest absolute Gasteiger partial charge is 0.222 e. The van der Waals surface area contributed by atoms with Crippen LogP contribution in [0, 0.1) is 6.92 Å². The third kappa shape index (κ3) is 4.87. The Balaban J connectivity index is 1.69. The lowest BCUT2D eigenvalue weighted by Crippen LogP contribution is -2.06. The van der Waals surface area contributed by atoms with Gasteiger partial charge in [-0.05, 0) is 31.0 Å². The number of ether oxygens (including phenoxy) is 1. The molecule has 1 N–H and O–H groups in total. The van der Waals surface area contributed by atoms with Gasteiger partial charge in [-0.15, -0.1) is 0 Å². The summed E-state index contributed by atoms with van der Waals surface area (Å²) in [5, 5.41) is 3.59. The number of aromatic nitrogens is 4. The first-order valence-corrected chi connectivity index (χ1v) is 8.33. The quantitative estimate of drug-likeness (QED) is 0.714. The number of nitrogens with one attached hydrogen (secondary N) is 1. The second-order valence-electron chi connectivity index (χ2n) is 5.42. The van der Waals surface area contributed by atoms with E-state index in [1.807, 2.05) is 31.2 Å². The molecule has 0 bridgehead atoms. The Bertz CT molecular complexity index is 837. The second-order valence-corrected chi connectivity index (χ2v) is 5.86. The third-order valence-corrected chi connectivity index (χ3v) is 3.66. The number of hydrogen-bond donors (Lipinski definition) is 1. The summed E-state index contributed by atoms with van der Waals surface area (Å²) in [5.41, 5.74) is 2.05. The van der Waals surface area contributed by atoms with Gasteiger partial charge in [-0.1, -0.05) is 30.7 Å². The van der Waals surface area contributed by atoms with Gasteiger partial charge in [-0.2, -0.15) is 4.98 Å². The lowest BCUT2D eigenvalue weighted by Gasteiger charge is -2.09. The van der Waals surface area contributed by atoms with Crippen LogP contribution in [0.5, 0.6) is 11.6 Å². The highest BCUT2D eigenvalue weighted by Gasteiger charge is 2.06. The van der Waals surface area contributed by atoms with Gasteiger partial charge in [0.05, 0.1) is 29.7 Å². The van der Waals surface area contributed by atoms with E-state index in [-0.39, 0.29) is 0 Å². The molecule has 0 fully saturated rings. The second kappa shape index (κ2) is 7.90. The minimum Gasteiger partial charge on any atom is -0.439 e. The fraction of sp³-hybridized carbons (Fsp3) is 0.222. The van der Waals surface area contributed by atoms with Crippen LogP contribution in [0.3, 0.4) is 0 Å². The summed E-state index contributed by atoms with van der Waals surface area (Å²) in [6.07, 6.45) is 4.07. The molecule has 0 amide bonds. The molecule has 0 radical (unpaired) electrons. The van der Waals surface area contributed by atoms with Crippen LogP contribution >= 0.6 is 11.6 Å². The maximum absolute atomic E-state index is 5.84. The highest BCUT2D eigenvalue weighted by molar-refractivity contribution is 6.30. The first-order chi connectivity index (χ1) is 12.1. The summed E-state index contributed by atoms with van der Waals surface area (Å²) >= 11 is 5.78. The van der Waals surface area contributed by atoms with Crippen molar-refractivity contribution >= 4 is 17.5 Å². The Morgan fingerprint density at radius 2 is 1.80 bits per heavy atom. The van der Waals surface area contributed by atoms with Crippen molar-refractivity contribution in [3.8, 4) is 11.6 Å². The Hall–Kier alpha value is -2.73. The van der Waals surface area contributed by atoms with Crippen LogP contribution in [0.4, 0.5) is 5.95 Å². The fourth-order valence-corrected chi connectivity index (χ4v) is 2.33. The van der Waals surface area contributed by atoms with E-state index in [2.05, 4.69) is 32.2 Å². The van der Waals surface area contributed by atoms with Crippen molar-refractivity contribution in [3.63, 3.8) is 0 Å². The molecule has 0 saturated heterocycles. The van der Waals surface area contributed by atoms with Crippen molar-refractivity contribution in [1.29, 1.82) is 0 Å². The Morgan fingerprint density at radius 3 is 2.48 bits per heavy atom. The Labute approximate surface area is 151 Å². The predicted octanol–water partition coefficient (Wildman–Crippen LogP) is 4.20. The van der Waals surface area contributed by atoms with E-state index >= 15 is 0 Å². The summed E-state index contributed by atoms with van der Waals surface area (Å²) in [7, 11) is 0.